The number of rotatable bonds is 6. The number of benzene rings is 2. The van der Waals surface area contributed by atoms with E-state index in [2.05, 4.69) is 4.98 Å². The highest BCUT2D eigenvalue weighted by molar-refractivity contribution is 7.13. The molecule has 0 saturated heterocycles. The first kappa shape index (κ1) is 16.9. The van der Waals surface area contributed by atoms with Gasteiger partial charge >= 0.3 is 5.13 Å². The number of nitrogens with zero attached hydrogens (tertiary/aromatic N) is 1. The van der Waals surface area contributed by atoms with Gasteiger partial charge in [0.2, 0.25) is 0 Å². The molecule has 7 heteroatoms. The number of aromatic nitrogens is 1. The van der Waals surface area contributed by atoms with E-state index in [4.69, 9.17) is 10.5 Å². The summed E-state index contributed by atoms with van der Waals surface area (Å²) in [6.07, 6.45) is 0.705. The van der Waals surface area contributed by atoms with E-state index in [0.29, 0.717) is 11.6 Å². The predicted molar refractivity (Wildman–Crippen MR) is 96.9 cm³/mol. The van der Waals surface area contributed by atoms with Crippen LogP contribution in [0.3, 0.4) is 0 Å². The van der Waals surface area contributed by atoms with Gasteiger partial charge in [-0.05, 0) is 29.7 Å². The first-order chi connectivity index (χ1) is 12.1. The molecule has 3 aromatic rings. The van der Waals surface area contributed by atoms with E-state index in [1.807, 2.05) is 29.6 Å². The molecule has 0 radical (unpaired) electrons. The third-order valence-corrected chi connectivity index (χ3v) is 4.79. The van der Waals surface area contributed by atoms with Crippen molar-refractivity contribution in [2.75, 3.05) is 12.8 Å². The molecule has 0 bridgehead atoms. The summed E-state index contributed by atoms with van der Waals surface area (Å²) >= 11 is 1.46. The van der Waals surface area contributed by atoms with Gasteiger partial charge in [0.1, 0.15) is 11.4 Å². The zero-order valence-corrected chi connectivity index (χ0v) is 14.5. The third-order valence-electron chi connectivity index (χ3n) is 4.06. The van der Waals surface area contributed by atoms with Crippen LogP contribution in [-0.2, 0) is 6.42 Å². The maximum Gasteiger partial charge on any atom is 0.329 e. The smallest absolute Gasteiger partial charge is 0.329 e. The van der Waals surface area contributed by atoms with Crippen molar-refractivity contribution < 1.29 is 14.6 Å². The van der Waals surface area contributed by atoms with Crippen LogP contribution in [0.15, 0.2) is 53.9 Å². The quantitative estimate of drug-likeness (QED) is 0.541. The summed E-state index contributed by atoms with van der Waals surface area (Å²) in [6.45, 7) is 0. The normalized spacial score (nSPS) is 11.9. The van der Waals surface area contributed by atoms with Crippen molar-refractivity contribution in [2.24, 2.45) is 0 Å². The van der Waals surface area contributed by atoms with E-state index < -0.39 is 4.92 Å². The molecule has 0 saturated carbocycles. The van der Waals surface area contributed by atoms with Crippen LogP contribution in [0.25, 0.3) is 0 Å². The monoisotopic (exact) mass is 356 g/mol. The fourth-order valence-electron chi connectivity index (χ4n) is 2.73. The molecule has 2 aromatic carbocycles. The highest BCUT2D eigenvalue weighted by Gasteiger charge is 2.21. The lowest BCUT2D eigenvalue weighted by atomic mass is 9.89. The highest BCUT2D eigenvalue weighted by Crippen LogP contribution is 2.30. The van der Waals surface area contributed by atoms with Crippen LogP contribution in [0, 0.1) is 10.1 Å². The van der Waals surface area contributed by atoms with E-state index in [9.17, 15) is 10.1 Å². The number of nitrogens with two attached hydrogens (primary N) is 1. The number of non-ortho nitro benzene ring substituents is 1. The van der Waals surface area contributed by atoms with Gasteiger partial charge in [0.25, 0.3) is 5.69 Å². The molecule has 6 nitrogen and oxygen atoms in total. The van der Waals surface area contributed by atoms with Crippen LogP contribution in [0.1, 0.15) is 22.7 Å². The summed E-state index contributed by atoms with van der Waals surface area (Å²) in [6, 6.07) is 14.6. The van der Waals surface area contributed by atoms with E-state index in [1.165, 1.54) is 23.5 Å². The maximum atomic E-state index is 10.8. The van der Waals surface area contributed by atoms with Gasteiger partial charge < -0.3 is 4.74 Å². The minimum atomic E-state index is -0.391. The molecule has 1 atom stereocenters. The summed E-state index contributed by atoms with van der Waals surface area (Å²) in [5, 5.41) is 13.5. The van der Waals surface area contributed by atoms with Crippen LogP contribution in [0.5, 0.6) is 5.75 Å². The number of hydrogen-bond donors (Lipinski definition) is 1. The number of nitrogen functional groups attached to an aromatic ring is 1. The predicted octanol–water partition coefficient (Wildman–Crippen LogP) is 3.44. The van der Waals surface area contributed by atoms with Crippen molar-refractivity contribution in [3.8, 4) is 5.75 Å². The number of hydrogen-bond acceptors (Lipinski definition) is 5. The second-order valence-electron chi connectivity index (χ2n) is 5.63. The van der Waals surface area contributed by atoms with Gasteiger partial charge in [-0.15, -0.1) is 0 Å². The second-order valence-corrected chi connectivity index (χ2v) is 6.54. The number of nitrogens with one attached hydrogen (secondary N) is 1. The lowest BCUT2D eigenvalue weighted by Crippen LogP contribution is -2.17. The first-order valence-electron chi connectivity index (χ1n) is 7.70. The fourth-order valence-corrected chi connectivity index (χ4v) is 3.38. The minimum absolute atomic E-state index is 0.0703. The number of ether oxygens (including phenoxy) is 1. The van der Waals surface area contributed by atoms with Crippen molar-refractivity contribution in [3.05, 3.63) is 80.8 Å². The third kappa shape index (κ3) is 3.95. The number of thiazole rings is 1. The Balaban J connectivity index is 1.91. The molecular weight excluding hydrogens is 338 g/mol. The molecule has 25 heavy (non-hydrogen) atoms. The van der Waals surface area contributed by atoms with Crippen molar-refractivity contribution in [3.63, 3.8) is 0 Å². The Labute approximate surface area is 149 Å². The summed E-state index contributed by atoms with van der Waals surface area (Å²) in [4.78, 5) is 13.6. The molecule has 0 fully saturated rings. The largest absolute Gasteiger partial charge is 0.497 e. The number of nitro groups is 1. The van der Waals surface area contributed by atoms with E-state index in [-0.39, 0.29) is 11.6 Å². The van der Waals surface area contributed by atoms with E-state index in [1.54, 1.807) is 19.2 Å². The lowest BCUT2D eigenvalue weighted by Gasteiger charge is -2.15. The zero-order valence-electron chi connectivity index (χ0n) is 13.6. The van der Waals surface area contributed by atoms with Crippen LogP contribution in [0.4, 0.5) is 10.8 Å². The average Bonchev–Trinajstić information content (AvgIpc) is 3.06. The topological polar surface area (TPSA) is 92.5 Å². The average molecular weight is 356 g/mol. The molecule has 1 aromatic heterocycles. The van der Waals surface area contributed by atoms with Gasteiger partial charge in [-0.3, -0.25) is 15.8 Å². The molecule has 0 amide bonds. The molecule has 3 rings (SSSR count). The van der Waals surface area contributed by atoms with Crippen LogP contribution in [0.2, 0.25) is 0 Å². The van der Waals surface area contributed by atoms with Gasteiger partial charge in [-0.2, -0.15) is 0 Å². The van der Waals surface area contributed by atoms with Crippen molar-refractivity contribution in [1.29, 1.82) is 0 Å². The molecule has 0 aliphatic carbocycles. The van der Waals surface area contributed by atoms with Gasteiger partial charge in [0.05, 0.1) is 18.0 Å². The lowest BCUT2D eigenvalue weighted by molar-refractivity contribution is -0.384. The molecule has 0 aliphatic heterocycles. The highest BCUT2D eigenvalue weighted by atomic mass is 32.1. The Morgan fingerprint density at radius 1 is 1.20 bits per heavy atom. The Bertz CT molecular complexity index is 860. The van der Waals surface area contributed by atoms with Crippen LogP contribution < -0.4 is 15.5 Å². The van der Waals surface area contributed by atoms with Crippen LogP contribution in [-0.4, -0.2) is 12.0 Å². The molecular formula is C18H18N3O3S+. The Hall–Kier alpha value is -2.93. The Kier molecular flexibility index (Phi) is 4.95. The van der Waals surface area contributed by atoms with Crippen LogP contribution >= 0.6 is 11.3 Å². The second kappa shape index (κ2) is 7.31. The molecule has 1 heterocycles. The molecule has 128 valence electrons. The standard InChI is InChI=1S/C18H17N3O3S/c1-24-15-8-4-13(5-9-15)16(17-11-25-18(19)20-17)10-12-2-6-14(7-3-12)21(22)23/h2-9,11,16H,10H2,1H3,(H2,19,20)/p+1. The summed E-state index contributed by atoms with van der Waals surface area (Å²) in [5.41, 5.74) is 9.10. The number of aromatic amines is 1. The Morgan fingerprint density at radius 2 is 1.88 bits per heavy atom. The summed E-state index contributed by atoms with van der Waals surface area (Å²) in [7, 11) is 1.64. The van der Waals surface area contributed by atoms with E-state index >= 15 is 0 Å². The Morgan fingerprint density at radius 3 is 2.40 bits per heavy atom. The zero-order chi connectivity index (χ0) is 17.8. The van der Waals surface area contributed by atoms with E-state index in [0.717, 1.165) is 22.6 Å². The van der Waals surface area contributed by atoms with Gasteiger partial charge in [0, 0.05) is 17.5 Å². The fraction of sp³-hybridized carbons (Fsp3) is 0.167. The summed E-state index contributed by atoms with van der Waals surface area (Å²) < 4.78 is 5.22. The van der Waals surface area contributed by atoms with Crippen molar-refractivity contribution in [2.45, 2.75) is 12.3 Å². The van der Waals surface area contributed by atoms with Crippen molar-refractivity contribution in [1.82, 2.24) is 0 Å². The molecule has 0 aliphatic rings. The minimum Gasteiger partial charge on any atom is -0.497 e. The SMILES string of the molecule is COc1ccc(C(Cc2ccc([N+](=O)[O-])cc2)c2csc(N)[nH+]2)cc1. The van der Waals surface area contributed by atoms with Gasteiger partial charge in [0.15, 0.2) is 0 Å². The number of anilines is 1. The summed E-state index contributed by atoms with van der Waals surface area (Å²) in [5.74, 6) is 0.868. The van der Waals surface area contributed by atoms with Crippen molar-refractivity contribution >= 4 is 22.2 Å². The molecule has 3 N–H and O–H groups in total. The van der Waals surface area contributed by atoms with Gasteiger partial charge in [-0.1, -0.05) is 35.6 Å². The van der Waals surface area contributed by atoms with Gasteiger partial charge in [-0.25, -0.2) is 4.98 Å². The molecule has 0 spiro atoms. The first-order valence-corrected chi connectivity index (χ1v) is 8.58. The number of methoxy groups -OCH3 is 1. The molecule has 1 unspecified atom stereocenters. The number of nitro benzene ring substituents is 1. The number of H-pyrrole nitrogens is 1. The maximum absolute atomic E-state index is 10.8.